The third-order valence-corrected chi connectivity index (χ3v) is 7.94. The van der Waals surface area contributed by atoms with Crippen molar-refractivity contribution in [3.05, 3.63) is 105 Å². The number of phenolic OH excluding ortho intramolecular Hbond substituents is 1. The molecule has 0 radical (unpaired) electrons. The number of esters is 1. The number of hydrogen-bond acceptors (Lipinski definition) is 8. The summed E-state index contributed by atoms with van der Waals surface area (Å²) in [6, 6.07) is 20.2. The third-order valence-electron chi connectivity index (χ3n) is 7.65. The molecule has 224 valence electrons. The molecule has 0 unspecified atom stereocenters. The number of carbonyl (C=O) groups is 2. The summed E-state index contributed by atoms with van der Waals surface area (Å²) in [5, 5.41) is 13.9. The quantitative estimate of drug-likeness (QED) is 0.202. The van der Waals surface area contributed by atoms with Crippen molar-refractivity contribution in [3.63, 3.8) is 0 Å². The first-order valence-electron chi connectivity index (χ1n) is 14.2. The van der Waals surface area contributed by atoms with Gasteiger partial charge in [-0.15, -0.1) is 0 Å². The summed E-state index contributed by atoms with van der Waals surface area (Å²) >= 11 is 6.43. The Kier molecular flexibility index (Phi) is 9.26. The van der Waals surface area contributed by atoms with Gasteiger partial charge in [0.1, 0.15) is 24.7 Å². The standard InChI is InChI=1S/C34H34ClNO7/c1-4-41-29-19-23(16-26(35)33(29)38)31-30(34(39)43-15-14-42-25-8-6-5-7-9-25)20(2)36-27-17-22(18-28(37)32(27)31)21-10-12-24(40-3)13-11-21/h5-13,16,19,22,31,36,38H,4,14-15,17-18H2,1-3H3/t22-,31+/m0/s1. The van der Waals surface area contributed by atoms with Crippen molar-refractivity contribution < 1.29 is 33.6 Å². The average molecular weight is 604 g/mol. The number of methoxy groups -OCH3 is 1. The molecule has 1 heterocycles. The molecule has 9 heteroatoms. The van der Waals surface area contributed by atoms with Gasteiger partial charge in [0.2, 0.25) is 0 Å². The average Bonchev–Trinajstić information content (AvgIpc) is 3.01. The maximum atomic E-state index is 13.9. The Balaban J connectivity index is 1.48. The van der Waals surface area contributed by atoms with Crippen LogP contribution in [0.15, 0.2) is 89.3 Å². The summed E-state index contributed by atoms with van der Waals surface area (Å²) < 4.78 is 22.3. The van der Waals surface area contributed by atoms with Crippen LogP contribution in [0.25, 0.3) is 0 Å². The van der Waals surface area contributed by atoms with Gasteiger partial charge in [-0.2, -0.15) is 0 Å². The second kappa shape index (κ2) is 13.3. The summed E-state index contributed by atoms with van der Waals surface area (Å²) in [6.45, 7) is 4.05. The number of rotatable bonds is 10. The molecule has 0 saturated heterocycles. The lowest BCUT2D eigenvalue weighted by Gasteiger charge is -2.37. The number of carbonyl (C=O) groups excluding carboxylic acids is 2. The number of halogens is 1. The smallest absolute Gasteiger partial charge is 0.336 e. The Morgan fingerprint density at radius 2 is 1.72 bits per heavy atom. The highest BCUT2D eigenvalue weighted by Crippen LogP contribution is 2.48. The second-order valence-corrected chi connectivity index (χ2v) is 10.8. The second-order valence-electron chi connectivity index (χ2n) is 10.4. The van der Waals surface area contributed by atoms with Crippen LogP contribution in [-0.2, 0) is 14.3 Å². The number of benzene rings is 3. The van der Waals surface area contributed by atoms with Crippen molar-refractivity contribution in [1.82, 2.24) is 5.32 Å². The van der Waals surface area contributed by atoms with Crippen molar-refractivity contribution in [2.24, 2.45) is 0 Å². The Bertz CT molecular complexity index is 1560. The molecule has 2 atom stereocenters. The predicted molar refractivity (Wildman–Crippen MR) is 163 cm³/mol. The summed E-state index contributed by atoms with van der Waals surface area (Å²) in [5.74, 6) is -0.115. The zero-order valence-electron chi connectivity index (χ0n) is 24.3. The lowest BCUT2D eigenvalue weighted by molar-refractivity contribution is -0.140. The fraction of sp³-hybridized carbons (Fsp3) is 0.294. The molecule has 0 spiro atoms. The predicted octanol–water partition coefficient (Wildman–Crippen LogP) is 6.44. The molecule has 1 aliphatic carbocycles. The van der Waals surface area contributed by atoms with Crippen molar-refractivity contribution in [2.75, 3.05) is 26.9 Å². The number of phenols is 1. The molecule has 5 rings (SSSR count). The van der Waals surface area contributed by atoms with Crippen LogP contribution in [0.5, 0.6) is 23.0 Å². The SMILES string of the molecule is CCOc1cc([C@@H]2C(C(=O)OCCOc3ccccc3)=C(C)NC3=C2C(=O)C[C@@H](c2ccc(OC)cc2)C3)cc(Cl)c1O. The van der Waals surface area contributed by atoms with Crippen molar-refractivity contribution in [1.29, 1.82) is 0 Å². The molecular weight excluding hydrogens is 570 g/mol. The van der Waals surface area contributed by atoms with E-state index in [4.69, 9.17) is 30.5 Å². The van der Waals surface area contributed by atoms with Crippen molar-refractivity contribution >= 4 is 23.4 Å². The normalized spacial score (nSPS) is 18.1. The van der Waals surface area contributed by atoms with Crippen molar-refractivity contribution in [2.45, 2.75) is 38.5 Å². The third kappa shape index (κ3) is 6.49. The summed E-state index contributed by atoms with van der Waals surface area (Å²) in [7, 11) is 1.61. The minimum atomic E-state index is -0.777. The molecule has 43 heavy (non-hydrogen) atoms. The molecule has 3 aromatic rings. The molecule has 2 aliphatic rings. The summed E-state index contributed by atoms with van der Waals surface area (Å²) in [6.07, 6.45) is 0.832. The number of dihydropyridines is 1. The molecule has 0 amide bonds. The molecule has 0 aromatic heterocycles. The van der Waals surface area contributed by atoms with Gasteiger partial charge in [0, 0.05) is 29.3 Å². The van der Waals surface area contributed by atoms with Crippen LogP contribution in [0.2, 0.25) is 5.02 Å². The first kappa shape index (κ1) is 30.0. The van der Waals surface area contributed by atoms with Gasteiger partial charge < -0.3 is 29.4 Å². The van der Waals surface area contributed by atoms with Crippen LogP contribution in [0.4, 0.5) is 0 Å². The van der Waals surface area contributed by atoms with Crippen LogP contribution < -0.4 is 19.5 Å². The van der Waals surface area contributed by atoms with E-state index in [9.17, 15) is 14.7 Å². The number of allylic oxidation sites excluding steroid dienone is 3. The zero-order chi connectivity index (χ0) is 30.5. The van der Waals surface area contributed by atoms with E-state index < -0.39 is 11.9 Å². The summed E-state index contributed by atoms with van der Waals surface area (Å²) in [4.78, 5) is 27.6. The number of hydrogen-bond donors (Lipinski definition) is 2. The number of para-hydroxylation sites is 1. The first-order chi connectivity index (χ1) is 20.8. The molecule has 0 fully saturated rings. The molecule has 0 saturated carbocycles. The number of ether oxygens (including phenoxy) is 4. The number of aromatic hydroxyl groups is 1. The Morgan fingerprint density at radius 1 is 0.977 bits per heavy atom. The van der Waals surface area contributed by atoms with Gasteiger partial charge in [-0.25, -0.2) is 4.79 Å². The van der Waals surface area contributed by atoms with E-state index in [2.05, 4.69) is 5.32 Å². The van der Waals surface area contributed by atoms with E-state index in [1.807, 2.05) is 54.6 Å². The lowest BCUT2D eigenvalue weighted by Crippen LogP contribution is -2.36. The van der Waals surface area contributed by atoms with Gasteiger partial charge in [-0.05, 0) is 73.7 Å². The van der Waals surface area contributed by atoms with Gasteiger partial charge in [0.25, 0.3) is 0 Å². The minimum Gasteiger partial charge on any atom is -0.503 e. The monoisotopic (exact) mass is 603 g/mol. The summed E-state index contributed by atoms with van der Waals surface area (Å²) in [5.41, 5.74) is 3.65. The Morgan fingerprint density at radius 3 is 2.42 bits per heavy atom. The van der Waals surface area contributed by atoms with Gasteiger partial charge in [-0.1, -0.05) is 41.9 Å². The Labute approximate surface area is 255 Å². The van der Waals surface area contributed by atoms with Crippen LogP contribution in [0.3, 0.4) is 0 Å². The van der Waals surface area contributed by atoms with Crippen molar-refractivity contribution in [3.8, 4) is 23.0 Å². The van der Waals surface area contributed by atoms with E-state index in [0.717, 1.165) is 17.0 Å². The maximum Gasteiger partial charge on any atom is 0.336 e. The lowest BCUT2D eigenvalue weighted by atomic mass is 9.71. The number of ketones is 1. The maximum absolute atomic E-state index is 13.9. The highest BCUT2D eigenvalue weighted by atomic mass is 35.5. The van der Waals surface area contributed by atoms with E-state index >= 15 is 0 Å². The highest BCUT2D eigenvalue weighted by molar-refractivity contribution is 6.32. The number of Topliss-reactive ketones (excluding diaryl/α,β-unsaturated/α-hetero) is 1. The topological polar surface area (TPSA) is 103 Å². The molecule has 2 N–H and O–H groups in total. The fourth-order valence-corrected chi connectivity index (χ4v) is 5.89. The van der Waals surface area contributed by atoms with Gasteiger partial charge in [0.05, 0.1) is 24.3 Å². The number of nitrogens with one attached hydrogen (secondary N) is 1. The van der Waals surface area contributed by atoms with Gasteiger partial charge >= 0.3 is 5.97 Å². The zero-order valence-corrected chi connectivity index (χ0v) is 25.1. The van der Waals surface area contributed by atoms with E-state index in [1.54, 1.807) is 33.1 Å². The van der Waals surface area contributed by atoms with Crippen LogP contribution in [0.1, 0.15) is 49.7 Å². The first-order valence-corrected chi connectivity index (χ1v) is 14.6. The molecule has 3 aromatic carbocycles. The van der Waals surface area contributed by atoms with Crippen LogP contribution in [-0.4, -0.2) is 43.8 Å². The molecule has 1 aliphatic heterocycles. The molecule has 8 nitrogen and oxygen atoms in total. The Hall–Kier alpha value is -4.43. The van der Waals surface area contributed by atoms with E-state index in [-0.39, 0.29) is 47.9 Å². The van der Waals surface area contributed by atoms with Crippen LogP contribution in [0, 0.1) is 0 Å². The van der Waals surface area contributed by atoms with E-state index in [1.165, 1.54) is 0 Å². The molecule has 0 bridgehead atoms. The minimum absolute atomic E-state index is 0.0111. The highest BCUT2D eigenvalue weighted by Gasteiger charge is 2.42. The van der Waals surface area contributed by atoms with Crippen LogP contribution >= 0.6 is 11.6 Å². The van der Waals surface area contributed by atoms with Gasteiger partial charge in [-0.3, -0.25) is 4.79 Å². The van der Waals surface area contributed by atoms with E-state index in [0.29, 0.717) is 41.2 Å². The largest absolute Gasteiger partial charge is 0.503 e. The fourth-order valence-electron chi connectivity index (χ4n) is 5.67. The molecular formula is C34H34ClNO7. The van der Waals surface area contributed by atoms with Gasteiger partial charge in [0.15, 0.2) is 17.3 Å².